The summed E-state index contributed by atoms with van der Waals surface area (Å²) in [6.45, 7) is 0. The Balaban J connectivity index is 1.75. The Kier molecular flexibility index (Phi) is 3.33. The molecule has 3 rings (SSSR count). The number of rotatable bonds is 3. The lowest BCUT2D eigenvalue weighted by Gasteiger charge is -2.29. The van der Waals surface area contributed by atoms with E-state index in [0.717, 1.165) is 16.9 Å². The Morgan fingerprint density at radius 3 is 2.63 bits per heavy atom. The molecule has 102 valence electrons. The first-order chi connectivity index (χ1) is 9.28. The van der Waals surface area contributed by atoms with Crippen molar-refractivity contribution in [3.8, 4) is 0 Å². The summed E-state index contributed by atoms with van der Waals surface area (Å²) in [5, 5.41) is 12.1. The fourth-order valence-corrected chi connectivity index (χ4v) is 2.80. The van der Waals surface area contributed by atoms with Gasteiger partial charge in [0.2, 0.25) is 0 Å². The third-order valence-electron chi connectivity index (χ3n) is 4.01. The van der Waals surface area contributed by atoms with Gasteiger partial charge in [-0.3, -0.25) is 4.68 Å². The monoisotopic (exact) mass is 260 g/mol. The molecule has 2 aromatic rings. The molecule has 1 saturated carbocycles. The van der Waals surface area contributed by atoms with Gasteiger partial charge in [-0.15, -0.1) is 0 Å². The van der Waals surface area contributed by atoms with Gasteiger partial charge in [0.1, 0.15) is 12.1 Å². The number of hydrogen-bond donors (Lipinski definition) is 2. The number of hydrogen-bond acceptors (Lipinski definition) is 5. The van der Waals surface area contributed by atoms with Gasteiger partial charge < -0.3 is 10.6 Å². The third-order valence-corrected chi connectivity index (χ3v) is 4.01. The van der Waals surface area contributed by atoms with E-state index < -0.39 is 0 Å². The predicted octanol–water partition coefficient (Wildman–Crippen LogP) is 1.31. The molecule has 2 heterocycles. The summed E-state index contributed by atoms with van der Waals surface area (Å²) in [6.07, 6.45) is 8.22. The van der Waals surface area contributed by atoms with Crippen molar-refractivity contribution >= 4 is 16.9 Å². The van der Waals surface area contributed by atoms with E-state index in [1.54, 1.807) is 11.0 Å². The van der Waals surface area contributed by atoms with Gasteiger partial charge in [0.25, 0.3) is 0 Å². The Labute approximate surface area is 112 Å². The molecule has 0 spiro atoms. The van der Waals surface area contributed by atoms with Crippen LogP contribution in [0.25, 0.3) is 11.0 Å². The van der Waals surface area contributed by atoms with Crippen LogP contribution in [0.15, 0.2) is 12.5 Å². The van der Waals surface area contributed by atoms with Gasteiger partial charge in [-0.1, -0.05) is 0 Å². The summed E-state index contributed by atoms with van der Waals surface area (Å²) in [5.74, 6) is 0.908. The first kappa shape index (κ1) is 12.3. The fraction of sp³-hybridized carbons (Fsp3) is 0.615. The van der Waals surface area contributed by atoms with E-state index in [2.05, 4.69) is 25.7 Å². The number of fused-ring (bicyclic) bond motifs is 1. The quantitative estimate of drug-likeness (QED) is 0.871. The zero-order chi connectivity index (χ0) is 13.2. The van der Waals surface area contributed by atoms with E-state index in [1.807, 2.05) is 20.3 Å². The second-order valence-electron chi connectivity index (χ2n) is 5.21. The Bertz CT molecular complexity index is 555. The van der Waals surface area contributed by atoms with Gasteiger partial charge in [0.05, 0.1) is 11.6 Å². The maximum Gasteiger partial charge on any atom is 0.163 e. The van der Waals surface area contributed by atoms with Crippen LogP contribution in [0.4, 0.5) is 5.82 Å². The molecule has 6 heteroatoms. The van der Waals surface area contributed by atoms with Crippen LogP contribution in [0, 0.1) is 0 Å². The summed E-state index contributed by atoms with van der Waals surface area (Å²) in [7, 11) is 3.94. The highest BCUT2D eigenvalue weighted by molar-refractivity contribution is 5.86. The SMILES string of the molecule is CNC1CCC(Nc2ncnc3c2cnn3C)CC1. The smallest absolute Gasteiger partial charge is 0.163 e. The summed E-state index contributed by atoms with van der Waals surface area (Å²) in [6, 6.07) is 1.17. The Morgan fingerprint density at radius 2 is 1.89 bits per heavy atom. The molecule has 2 aromatic heterocycles. The summed E-state index contributed by atoms with van der Waals surface area (Å²) < 4.78 is 1.78. The maximum atomic E-state index is 4.36. The van der Waals surface area contributed by atoms with Crippen LogP contribution in [0.3, 0.4) is 0 Å². The molecule has 0 amide bonds. The van der Waals surface area contributed by atoms with Crippen LogP contribution in [-0.4, -0.2) is 38.9 Å². The lowest BCUT2D eigenvalue weighted by atomic mass is 9.91. The van der Waals surface area contributed by atoms with Crippen molar-refractivity contribution in [3.63, 3.8) is 0 Å². The first-order valence-corrected chi connectivity index (χ1v) is 6.84. The minimum atomic E-state index is 0.503. The highest BCUT2D eigenvalue weighted by Crippen LogP contribution is 2.24. The van der Waals surface area contributed by atoms with Crippen LogP contribution in [0.2, 0.25) is 0 Å². The average molecular weight is 260 g/mol. The zero-order valence-electron chi connectivity index (χ0n) is 11.4. The molecule has 0 unspecified atom stereocenters. The molecule has 0 atom stereocenters. The Hall–Kier alpha value is -1.69. The lowest BCUT2D eigenvalue weighted by molar-refractivity contribution is 0.371. The topological polar surface area (TPSA) is 67.7 Å². The molecule has 2 N–H and O–H groups in total. The number of nitrogens with one attached hydrogen (secondary N) is 2. The van der Waals surface area contributed by atoms with E-state index in [0.29, 0.717) is 12.1 Å². The third kappa shape index (κ3) is 2.40. The van der Waals surface area contributed by atoms with Gasteiger partial charge in [0, 0.05) is 19.1 Å². The fourth-order valence-electron chi connectivity index (χ4n) is 2.80. The molecule has 0 bridgehead atoms. The highest BCUT2D eigenvalue weighted by atomic mass is 15.3. The van der Waals surface area contributed by atoms with E-state index in [9.17, 15) is 0 Å². The van der Waals surface area contributed by atoms with Crippen LogP contribution in [0.1, 0.15) is 25.7 Å². The Morgan fingerprint density at radius 1 is 1.16 bits per heavy atom. The van der Waals surface area contributed by atoms with Crippen molar-refractivity contribution in [2.24, 2.45) is 7.05 Å². The van der Waals surface area contributed by atoms with Gasteiger partial charge in [-0.25, -0.2) is 9.97 Å². The molecule has 0 radical (unpaired) electrons. The summed E-state index contributed by atoms with van der Waals surface area (Å²) >= 11 is 0. The number of aromatic nitrogens is 4. The van der Waals surface area contributed by atoms with Crippen LogP contribution in [0.5, 0.6) is 0 Å². The maximum absolute atomic E-state index is 4.36. The number of aryl methyl sites for hydroxylation is 1. The standard InChI is InChI=1S/C13H20N6/c1-14-9-3-5-10(6-4-9)18-12-11-7-17-19(2)13(11)16-8-15-12/h7-10,14H,3-6H2,1-2H3,(H,15,16,18). The summed E-state index contributed by atoms with van der Waals surface area (Å²) in [4.78, 5) is 8.62. The minimum Gasteiger partial charge on any atom is -0.367 e. The lowest BCUT2D eigenvalue weighted by Crippen LogP contribution is -2.35. The van der Waals surface area contributed by atoms with E-state index >= 15 is 0 Å². The molecule has 1 fully saturated rings. The minimum absolute atomic E-state index is 0.503. The second-order valence-corrected chi connectivity index (χ2v) is 5.21. The normalized spacial score (nSPS) is 23.7. The van der Waals surface area contributed by atoms with E-state index in [4.69, 9.17) is 0 Å². The van der Waals surface area contributed by atoms with Crippen LogP contribution >= 0.6 is 0 Å². The largest absolute Gasteiger partial charge is 0.367 e. The zero-order valence-corrected chi connectivity index (χ0v) is 11.4. The van der Waals surface area contributed by atoms with Gasteiger partial charge in [0.15, 0.2) is 5.65 Å². The molecule has 0 aliphatic heterocycles. The molecule has 0 aromatic carbocycles. The molecule has 0 saturated heterocycles. The van der Waals surface area contributed by atoms with E-state index in [-0.39, 0.29) is 0 Å². The number of nitrogens with zero attached hydrogens (tertiary/aromatic N) is 4. The van der Waals surface area contributed by atoms with E-state index in [1.165, 1.54) is 25.7 Å². The van der Waals surface area contributed by atoms with Crippen LogP contribution < -0.4 is 10.6 Å². The van der Waals surface area contributed by atoms with Crippen molar-refractivity contribution in [1.82, 2.24) is 25.1 Å². The van der Waals surface area contributed by atoms with Crippen molar-refractivity contribution in [2.45, 2.75) is 37.8 Å². The van der Waals surface area contributed by atoms with Crippen molar-refractivity contribution in [1.29, 1.82) is 0 Å². The van der Waals surface area contributed by atoms with Gasteiger partial charge in [-0.2, -0.15) is 5.10 Å². The average Bonchev–Trinajstić information content (AvgIpc) is 2.83. The van der Waals surface area contributed by atoms with Crippen LogP contribution in [-0.2, 0) is 7.05 Å². The summed E-state index contributed by atoms with van der Waals surface area (Å²) in [5.41, 5.74) is 0.876. The molecule has 19 heavy (non-hydrogen) atoms. The van der Waals surface area contributed by atoms with Crippen molar-refractivity contribution in [2.75, 3.05) is 12.4 Å². The van der Waals surface area contributed by atoms with Crippen molar-refractivity contribution < 1.29 is 0 Å². The molecular weight excluding hydrogens is 240 g/mol. The first-order valence-electron chi connectivity index (χ1n) is 6.84. The molecular formula is C13H20N6. The highest BCUT2D eigenvalue weighted by Gasteiger charge is 2.21. The molecule has 1 aliphatic carbocycles. The number of anilines is 1. The molecule has 1 aliphatic rings. The van der Waals surface area contributed by atoms with Crippen molar-refractivity contribution in [3.05, 3.63) is 12.5 Å². The second kappa shape index (κ2) is 5.13. The van der Waals surface area contributed by atoms with Gasteiger partial charge >= 0.3 is 0 Å². The predicted molar refractivity (Wildman–Crippen MR) is 75.0 cm³/mol. The van der Waals surface area contributed by atoms with Gasteiger partial charge in [-0.05, 0) is 32.7 Å². The molecule has 6 nitrogen and oxygen atoms in total.